The average molecular weight is 274 g/mol. The van der Waals surface area contributed by atoms with Crippen LogP contribution >= 0.6 is 0 Å². The maximum Gasteiger partial charge on any atom is 0.224 e. The highest BCUT2D eigenvalue weighted by atomic mass is 16.5. The van der Waals surface area contributed by atoms with E-state index in [1.165, 1.54) is 11.1 Å². The summed E-state index contributed by atoms with van der Waals surface area (Å²) in [4.78, 5) is 12.3. The number of rotatable bonds is 3. The fourth-order valence-electron chi connectivity index (χ4n) is 3.33. The normalized spacial score (nSPS) is 25.1. The second kappa shape index (κ2) is 5.83. The van der Waals surface area contributed by atoms with E-state index in [2.05, 4.69) is 16.7 Å². The number of carbonyl (C=O) groups is 1. The molecule has 4 nitrogen and oxygen atoms in total. The van der Waals surface area contributed by atoms with Crippen LogP contribution in [0.1, 0.15) is 36.4 Å². The highest BCUT2D eigenvalue weighted by molar-refractivity contribution is 5.79. The van der Waals surface area contributed by atoms with Gasteiger partial charge in [-0.25, -0.2) is 0 Å². The zero-order valence-corrected chi connectivity index (χ0v) is 11.9. The van der Waals surface area contributed by atoms with Crippen molar-refractivity contribution in [1.29, 1.82) is 0 Å². The first kappa shape index (κ1) is 13.4. The molecule has 108 valence electrons. The lowest BCUT2D eigenvalue weighted by molar-refractivity contribution is -0.126. The summed E-state index contributed by atoms with van der Waals surface area (Å²) in [5.41, 5.74) is 2.48. The smallest absolute Gasteiger partial charge is 0.224 e. The molecule has 4 heteroatoms. The molecule has 0 aromatic heterocycles. The van der Waals surface area contributed by atoms with Crippen LogP contribution in [0.4, 0.5) is 0 Å². The molecule has 2 aliphatic rings. The van der Waals surface area contributed by atoms with E-state index in [4.69, 9.17) is 4.74 Å². The Morgan fingerprint density at radius 2 is 2.30 bits per heavy atom. The van der Waals surface area contributed by atoms with Gasteiger partial charge in [0, 0.05) is 6.54 Å². The molecule has 2 unspecified atom stereocenters. The molecule has 2 N–H and O–H groups in total. The standard InChI is InChI=1S/C16H22N2O2/c1-20-15-6-2-5-12-13(15)7-8-14(12)18-16(19)11-4-3-9-17-10-11/h2,5-6,11,14,17H,3-4,7-10H2,1H3,(H,18,19). The average Bonchev–Trinajstić information content (AvgIpc) is 2.91. The molecule has 1 aliphatic heterocycles. The van der Waals surface area contributed by atoms with E-state index >= 15 is 0 Å². The SMILES string of the molecule is COc1cccc2c1CCC2NC(=O)C1CCCNC1. The Morgan fingerprint density at radius 3 is 3.05 bits per heavy atom. The Hall–Kier alpha value is -1.55. The van der Waals surface area contributed by atoms with Crippen molar-refractivity contribution in [2.24, 2.45) is 5.92 Å². The van der Waals surface area contributed by atoms with Gasteiger partial charge < -0.3 is 15.4 Å². The summed E-state index contributed by atoms with van der Waals surface area (Å²) in [6.45, 7) is 1.84. The Bertz CT molecular complexity index is 495. The van der Waals surface area contributed by atoms with Gasteiger partial charge in [-0.3, -0.25) is 4.79 Å². The van der Waals surface area contributed by atoms with Gasteiger partial charge in [-0.1, -0.05) is 12.1 Å². The van der Waals surface area contributed by atoms with Gasteiger partial charge >= 0.3 is 0 Å². The van der Waals surface area contributed by atoms with E-state index < -0.39 is 0 Å². The Morgan fingerprint density at radius 1 is 1.40 bits per heavy atom. The number of nitrogens with one attached hydrogen (secondary N) is 2. The minimum Gasteiger partial charge on any atom is -0.496 e. The highest BCUT2D eigenvalue weighted by Crippen LogP contribution is 2.36. The molecular formula is C16H22N2O2. The summed E-state index contributed by atoms with van der Waals surface area (Å²) in [5, 5.41) is 6.52. The number of hydrogen-bond acceptors (Lipinski definition) is 3. The lowest BCUT2D eigenvalue weighted by Crippen LogP contribution is -2.41. The van der Waals surface area contributed by atoms with E-state index in [0.29, 0.717) is 0 Å². The Labute approximate surface area is 119 Å². The second-order valence-corrected chi connectivity index (χ2v) is 5.67. The van der Waals surface area contributed by atoms with E-state index in [1.54, 1.807) is 7.11 Å². The lowest BCUT2D eigenvalue weighted by Gasteiger charge is -2.24. The van der Waals surface area contributed by atoms with E-state index in [1.807, 2.05) is 12.1 Å². The molecular weight excluding hydrogens is 252 g/mol. The molecule has 0 spiro atoms. The highest BCUT2D eigenvalue weighted by Gasteiger charge is 2.29. The van der Waals surface area contributed by atoms with Crippen LogP contribution in [-0.2, 0) is 11.2 Å². The lowest BCUT2D eigenvalue weighted by atomic mass is 9.98. The molecule has 0 radical (unpaired) electrons. The van der Waals surface area contributed by atoms with Crippen LogP contribution in [0.15, 0.2) is 18.2 Å². The third kappa shape index (κ3) is 2.52. The minimum absolute atomic E-state index is 0.124. The van der Waals surface area contributed by atoms with Gasteiger partial charge in [0.1, 0.15) is 5.75 Å². The van der Waals surface area contributed by atoms with Crippen molar-refractivity contribution in [3.63, 3.8) is 0 Å². The topological polar surface area (TPSA) is 50.4 Å². The number of piperidine rings is 1. The van der Waals surface area contributed by atoms with Crippen molar-refractivity contribution in [2.75, 3.05) is 20.2 Å². The number of fused-ring (bicyclic) bond motifs is 1. The van der Waals surface area contributed by atoms with Gasteiger partial charge in [-0.15, -0.1) is 0 Å². The van der Waals surface area contributed by atoms with Crippen LogP contribution in [-0.4, -0.2) is 26.1 Å². The quantitative estimate of drug-likeness (QED) is 0.883. The van der Waals surface area contributed by atoms with Crippen molar-refractivity contribution < 1.29 is 9.53 Å². The van der Waals surface area contributed by atoms with Crippen LogP contribution < -0.4 is 15.4 Å². The molecule has 1 heterocycles. The summed E-state index contributed by atoms with van der Waals surface area (Å²) in [6.07, 6.45) is 4.04. The number of ether oxygens (including phenoxy) is 1. The van der Waals surface area contributed by atoms with Crippen molar-refractivity contribution in [2.45, 2.75) is 31.7 Å². The summed E-state index contributed by atoms with van der Waals surface area (Å²) >= 11 is 0. The van der Waals surface area contributed by atoms with E-state index in [-0.39, 0.29) is 17.9 Å². The molecule has 0 saturated carbocycles. The number of hydrogen-bond donors (Lipinski definition) is 2. The molecule has 3 rings (SSSR count). The Balaban J connectivity index is 1.70. The predicted octanol–water partition coefficient (Wildman–Crippen LogP) is 1.80. The molecule has 2 atom stereocenters. The number of carbonyl (C=O) groups excluding carboxylic acids is 1. The maximum atomic E-state index is 12.3. The largest absolute Gasteiger partial charge is 0.496 e. The summed E-state index contributed by atoms with van der Waals surface area (Å²) in [6, 6.07) is 6.25. The molecule has 1 aliphatic carbocycles. The van der Waals surface area contributed by atoms with Crippen LogP contribution in [0, 0.1) is 5.92 Å². The number of benzene rings is 1. The van der Waals surface area contributed by atoms with Gasteiger partial charge in [0.15, 0.2) is 0 Å². The first-order chi connectivity index (χ1) is 9.79. The van der Waals surface area contributed by atoms with Crippen molar-refractivity contribution in [3.8, 4) is 5.75 Å². The third-order valence-electron chi connectivity index (χ3n) is 4.43. The van der Waals surface area contributed by atoms with Gasteiger partial charge in [-0.2, -0.15) is 0 Å². The van der Waals surface area contributed by atoms with Gasteiger partial charge in [0.25, 0.3) is 0 Å². The molecule has 0 bridgehead atoms. The van der Waals surface area contributed by atoms with Crippen LogP contribution in [0.5, 0.6) is 5.75 Å². The van der Waals surface area contributed by atoms with Crippen molar-refractivity contribution in [1.82, 2.24) is 10.6 Å². The molecule has 1 saturated heterocycles. The zero-order chi connectivity index (χ0) is 13.9. The first-order valence-electron chi connectivity index (χ1n) is 7.46. The fourth-order valence-corrected chi connectivity index (χ4v) is 3.33. The van der Waals surface area contributed by atoms with Crippen LogP contribution in [0.2, 0.25) is 0 Å². The zero-order valence-electron chi connectivity index (χ0n) is 11.9. The van der Waals surface area contributed by atoms with E-state index in [9.17, 15) is 4.79 Å². The maximum absolute atomic E-state index is 12.3. The van der Waals surface area contributed by atoms with Crippen molar-refractivity contribution >= 4 is 5.91 Å². The van der Waals surface area contributed by atoms with Gasteiger partial charge in [-0.05, 0) is 49.4 Å². The van der Waals surface area contributed by atoms with Crippen LogP contribution in [0.25, 0.3) is 0 Å². The van der Waals surface area contributed by atoms with Gasteiger partial charge in [0.05, 0.1) is 19.1 Å². The van der Waals surface area contributed by atoms with E-state index in [0.717, 1.165) is 44.5 Å². The van der Waals surface area contributed by atoms with Crippen LogP contribution in [0.3, 0.4) is 0 Å². The number of methoxy groups -OCH3 is 1. The molecule has 1 aromatic rings. The molecule has 1 aromatic carbocycles. The first-order valence-corrected chi connectivity index (χ1v) is 7.46. The second-order valence-electron chi connectivity index (χ2n) is 5.67. The van der Waals surface area contributed by atoms with Gasteiger partial charge in [0.2, 0.25) is 5.91 Å². The minimum atomic E-state index is 0.124. The van der Waals surface area contributed by atoms with Crippen molar-refractivity contribution in [3.05, 3.63) is 29.3 Å². The summed E-state index contributed by atoms with van der Waals surface area (Å²) in [5.74, 6) is 1.26. The third-order valence-corrected chi connectivity index (χ3v) is 4.43. The summed E-state index contributed by atoms with van der Waals surface area (Å²) in [7, 11) is 1.70. The summed E-state index contributed by atoms with van der Waals surface area (Å²) < 4.78 is 5.40. The molecule has 20 heavy (non-hydrogen) atoms. The molecule has 1 amide bonds. The fraction of sp³-hybridized carbons (Fsp3) is 0.562. The Kier molecular flexibility index (Phi) is 3.92. The predicted molar refractivity (Wildman–Crippen MR) is 77.8 cm³/mol. The number of amides is 1. The molecule has 1 fully saturated rings. The monoisotopic (exact) mass is 274 g/mol.